The lowest BCUT2D eigenvalue weighted by Crippen LogP contribution is -2.50. The molecule has 0 saturated carbocycles. The predicted octanol–water partition coefficient (Wildman–Crippen LogP) is 1.80. The highest BCUT2D eigenvalue weighted by atomic mass is 32.1. The number of hydrogen-bond acceptors (Lipinski definition) is 10. The van der Waals surface area contributed by atoms with Gasteiger partial charge >= 0.3 is 6.03 Å². The molecule has 2 fully saturated rings. The summed E-state index contributed by atoms with van der Waals surface area (Å²) < 4.78 is 6.65. The van der Waals surface area contributed by atoms with Gasteiger partial charge in [-0.15, -0.1) is 11.3 Å². The molecule has 2 amide bonds. The molecule has 11 nitrogen and oxygen atoms in total. The number of anilines is 2. The van der Waals surface area contributed by atoms with Crippen LogP contribution in [0.5, 0.6) is 0 Å². The van der Waals surface area contributed by atoms with E-state index in [1.54, 1.807) is 30.8 Å². The zero-order chi connectivity index (χ0) is 24.4. The first kappa shape index (κ1) is 23.6. The number of morpholine rings is 1. The summed E-state index contributed by atoms with van der Waals surface area (Å²) in [4.78, 5) is 37.9. The van der Waals surface area contributed by atoms with Crippen LogP contribution >= 0.6 is 11.3 Å². The Morgan fingerprint density at radius 3 is 2.77 bits per heavy atom. The second-order valence-electron chi connectivity index (χ2n) is 8.92. The van der Waals surface area contributed by atoms with E-state index in [1.165, 1.54) is 4.88 Å². The minimum absolute atomic E-state index is 0.0386. The number of ether oxygens (including phenoxy) is 1. The summed E-state index contributed by atoms with van der Waals surface area (Å²) in [6.45, 7) is 5.63. The van der Waals surface area contributed by atoms with Crippen LogP contribution < -0.4 is 16.0 Å². The number of likely N-dealkylation sites (N-methyl/N-ethyl adjacent to an activating group) is 1. The number of amides is 2. The van der Waals surface area contributed by atoms with Crippen molar-refractivity contribution in [1.29, 1.82) is 0 Å². The van der Waals surface area contributed by atoms with Crippen molar-refractivity contribution in [3.63, 3.8) is 0 Å². The second kappa shape index (κ2) is 10.3. The summed E-state index contributed by atoms with van der Waals surface area (Å²) in [7, 11) is 3.55. The third kappa shape index (κ3) is 5.14. The van der Waals surface area contributed by atoms with Crippen molar-refractivity contribution in [1.82, 2.24) is 35.1 Å². The van der Waals surface area contributed by atoms with Gasteiger partial charge in [0.05, 0.1) is 29.0 Å². The Hall–Kier alpha value is -3.09. The van der Waals surface area contributed by atoms with Gasteiger partial charge < -0.3 is 25.6 Å². The molecule has 2 aliphatic heterocycles. The van der Waals surface area contributed by atoms with E-state index < -0.39 is 0 Å². The van der Waals surface area contributed by atoms with Crippen LogP contribution in [0.1, 0.15) is 17.7 Å². The number of thiophene rings is 1. The number of carbonyl (C=O) groups is 1. The number of carbonyl (C=O) groups excluding carboxylic acids is 1. The lowest BCUT2D eigenvalue weighted by molar-refractivity contribution is 0.122. The number of hydrogen-bond donors (Lipinski definition) is 2. The number of urea groups is 1. The van der Waals surface area contributed by atoms with Crippen LogP contribution in [-0.2, 0) is 11.3 Å². The van der Waals surface area contributed by atoms with E-state index in [0.717, 1.165) is 67.2 Å². The first-order chi connectivity index (χ1) is 17.0. The van der Waals surface area contributed by atoms with Gasteiger partial charge in [0.2, 0.25) is 5.95 Å². The third-order valence-electron chi connectivity index (χ3n) is 6.59. The lowest BCUT2D eigenvalue weighted by Gasteiger charge is -2.37. The molecule has 35 heavy (non-hydrogen) atoms. The maximum Gasteiger partial charge on any atom is 0.317 e. The van der Waals surface area contributed by atoms with Crippen molar-refractivity contribution in [2.75, 3.05) is 64.1 Å². The third-order valence-corrected chi connectivity index (χ3v) is 7.69. The molecular weight excluding hydrogens is 466 g/mol. The van der Waals surface area contributed by atoms with Crippen LogP contribution in [0.3, 0.4) is 0 Å². The second-order valence-corrected chi connectivity index (χ2v) is 10.1. The molecule has 12 heteroatoms. The number of aromatic nitrogens is 4. The summed E-state index contributed by atoms with van der Waals surface area (Å²) in [5.41, 5.74) is 7.33. The van der Waals surface area contributed by atoms with Crippen molar-refractivity contribution in [3.8, 4) is 11.4 Å². The average Bonchev–Trinajstić information content (AvgIpc) is 3.30. The van der Waals surface area contributed by atoms with Gasteiger partial charge in [-0.25, -0.2) is 24.7 Å². The van der Waals surface area contributed by atoms with Crippen molar-refractivity contribution < 1.29 is 9.53 Å². The predicted molar refractivity (Wildman–Crippen MR) is 136 cm³/mol. The van der Waals surface area contributed by atoms with Crippen molar-refractivity contribution in [2.24, 2.45) is 0 Å². The number of nitrogens with one attached hydrogen (secondary N) is 1. The summed E-state index contributed by atoms with van der Waals surface area (Å²) >= 11 is 1.74. The molecular formula is C23H31N9O2S. The van der Waals surface area contributed by atoms with E-state index in [0.29, 0.717) is 19.0 Å². The van der Waals surface area contributed by atoms with Crippen molar-refractivity contribution in [3.05, 3.63) is 23.3 Å². The molecule has 2 saturated heterocycles. The topological polar surface area (TPSA) is 126 Å². The number of likely N-dealkylation sites (tertiary alicyclic amines) is 1. The normalized spacial score (nSPS) is 19.1. The summed E-state index contributed by atoms with van der Waals surface area (Å²) in [6.07, 6.45) is 5.41. The van der Waals surface area contributed by atoms with E-state index >= 15 is 0 Å². The molecule has 0 aromatic carbocycles. The van der Waals surface area contributed by atoms with E-state index in [-0.39, 0.29) is 18.0 Å². The van der Waals surface area contributed by atoms with E-state index in [9.17, 15) is 4.79 Å². The fraction of sp³-hybridized carbons (Fsp3) is 0.522. The van der Waals surface area contributed by atoms with Crippen LogP contribution in [0, 0.1) is 0 Å². The molecule has 0 radical (unpaired) electrons. The van der Waals surface area contributed by atoms with Gasteiger partial charge in [-0.05, 0) is 25.5 Å². The highest BCUT2D eigenvalue weighted by molar-refractivity contribution is 7.19. The molecule has 186 valence electrons. The molecule has 5 heterocycles. The maximum absolute atomic E-state index is 12.1. The van der Waals surface area contributed by atoms with E-state index in [4.69, 9.17) is 20.4 Å². The van der Waals surface area contributed by atoms with Crippen molar-refractivity contribution in [2.45, 2.75) is 25.4 Å². The number of nitrogens with zero attached hydrogens (tertiary/aromatic N) is 7. The minimum Gasteiger partial charge on any atom is -0.378 e. The molecule has 5 rings (SSSR count). The molecule has 3 N–H and O–H groups in total. The molecule has 2 aliphatic rings. The Morgan fingerprint density at radius 1 is 1.26 bits per heavy atom. The lowest BCUT2D eigenvalue weighted by atomic mass is 10.0. The van der Waals surface area contributed by atoms with Gasteiger partial charge in [-0.3, -0.25) is 4.90 Å². The summed E-state index contributed by atoms with van der Waals surface area (Å²) in [6, 6.07) is 2.33. The Kier molecular flexibility index (Phi) is 6.93. The molecule has 3 aromatic rings. The quantitative estimate of drug-likeness (QED) is 0.543. The Labute approximate surface area is 208 Å². The van der Waals surface area contributed by atoms with Crippen LogP contribution in [0.15, 0.2) is 18.5 Å². The van der Waals surface area contributed by atoms with Crippen LogP contribution in [0.4, 0.5) is 16.6 Å². The van der Waals surface area contributed by atoms with Gasteiger partial charge in [-0.1, -0.05) is 0 Å². The summed E-state index contributed by atoms with van der Waals surface area (Å²) in [5, 5.41) is 2.73. The van der Waals surface area contributed by atoms with E-state index in [2.05, 4.69) is 31.2 Å². The number of rotatable bonds is 5. The zero-order valence-electron chi connectivity index (χ0n) is 20.1. The Morgan fingerprint density at radius 2 is 2.03 bits per heavy atom. The average molecular weight is 498 g/mol. The highest BCUT2D eigenvalue weighted by Crippen LogP contribution is 2.35. The molecule has 0 spiro atoms. The largest absolute Gasteiger partial charge is 0.378 e. The molecule has 0 bridgehead atoms. The highest BCUT2D eigenvalue weighted by Gasteiger charge is 2.27. The van der Waals surface area contributed by atoms with Gasteiger partial charge in [0.1, 0.15) is 0 Å². The molecule has 1 unspecified atom stereocenters. The van der Waals surface area contributed by atoms with Crippen LogP contribution in [0.2, 0.25) is 0 Å². The number of nitrogen functional groups attached to an aromatic ring is 1. The SMILES string of the molecule is CNC(=O)N(C)C1CCCN(Cc2cc3nc(-c4cnc(N)nc4)nc(N4CCOCC4)c3s2)C1. The van der Waals surface area contributed by atoms with Crippen LogP contribution in [0.25, 0.3) is 21.6 Å². The van der Waals surface area contributed by atoms with Gasteiger partial charge in [0.15, 0.2) is 11.6 Å². The van der Waals surface area contributed by atoms with E-state index in [1.807, 2.05) is 11.9 Å². The fourth-order valence-electron chi connectivity index (χ4n) is 4.67. The summed E-state index contributed by atoms with van der Waals surface area (Å²) in [5.74, 6) is 1.74. The zero-order valence-corrected chi connectivity index (χ0v) is 20.9. The monoisotopic (exact) mass is 497 g/mol. The fourth-order valence-corrected chi connectivity index (χ4v) is 5.82. The number of fused-ring (bicyclic) bond motifs is 1. The maximum atomic E-state index is 12.1. The van der Waals surface area contributed by atoms with Gasteiger partial charge in [0.25, 0.3) is 0 Å². The van der Waals surface area contributed by atoms with Crippen molar-refractivity contribution >= 4 is 39.4 Å². The minimum atomic E-state index is -0.0386. The smallest absolute Gasteiger partial charge is 0.317 e. The number of piperidine rings is 1. The van der Waals surface area contributed by atoms with Gasteiger partial charge in [0, 0.05) is 63.6 Å². The first-order valence-corrected chi connectivity index (χ1v) is 12.7. The molecule has 3 aromatic heterocycles. The Balaban J connectivity index is 1.44. The first-order valence-electron chi connectivity index (χ1n) is 11.9. The Bertz CT molecular complexity index is 1180. The number of nitrogens with two attached hydrogens (primary N) is 1. The van der Waals surface area contributed by atoms with Crippen LogP contribution in [-0.4, -0.2) is 95.3 Å². The van der Waals surface area contributed by atoms with Gasteiger partial charge in [-0.2, -0.15) is 0 Å². The standard InChI is InChI=1S/C23H31N9O2S/c1-25-23(33)30(2)16-4-3-5-31(13-16)14-17-10-18-19(35-17)21(32-6-8-34-9-7-32)29-20(28-18)15-11-26-22(24)27-12-15/h10-12,16H,3-9,13-14H2,1-2H3,(H,25,33)(H2,24,26,27). The molecule has 1 atom stereocenters. The molecule has 0 aliphatic carbocycles.